The fourth-order valence-electron chi connectivity index (χ4n) is 12.7. The van der Waals surface area contributed by atoms with Gasteiger partial charge in [0.1, 0.15) is 0 Å². The van der Waals surface area contributed by atoms with E-state index in [1.54, 1.807) is 0 Å². The van der Waals surface area contributed by atoms with Gasteiger partial charge in [-0.25, -0.2) is 0 Å². The van der Waals surface area contributed by atoms with Crippen LogP contribution in [-0.4, -0.2) is 4.57 Å². The average molecular weight is 1070 g/mol. The van der Waals surface area contributed by atoms with Gasteiger partial charge in [0.25, 0.3) is 0 Å². The van der Waals surface area contributed by atoms with Crippen LogP contribution in [0.15, 0.2) is 273 Å². The third kappa shape index (κ3) is 7.10. The van der Waals surface area contributed by atoms with Gasteiger partial charge in [0, 0.05) is 110 Å². The maximum Gasteiger partial charge on any atom is 0.0555 e. The number of rotatable bonds is 8. The molecule has 4 heterocycles. The zero-order valence-corrected chi connectivity index (χ0v) is 45.5. The number of nitrogens with zero attached hydrogens (tertiary/aromatic N) is 3. The molecule has 0 unspecified atom stereocenters. The number of para-hydroxylation sites is 1. The highest BCUT2D eigenvalue weighted by molar-refractivity contribution is 7.27. The Labute approximate surface area is 472 Å². The zero-order chi connectivity index (χ0) is 52.4. The van der Waals surface area contributed by atoms with Gasteiger partial charge in [-0.2, -0.15) is 0 Å². The van der Waals surface area contributed by atoms with E-state index in [-0.39, 0.29) is 0 Å². The number of benzene rings is 13. The first-order valence-corrected chi connectivity index (χ1v) is 29.6. The predicted molar refractivity (Wildman–Crippen MR) is 349 cm³/mol. The first-order valence-electron chi connectivity index (χ1n) is 27.1. The zero-order valence-electron chi connectivity index (χ0n) is 43.0. The van der Waals surface area contributed by atoms with Crippen molar-refractivity contribution in [2.24, 2.45) is 0 Å². The standard InChI is InChI=1S/C74H45N3S3/c1-2-20-50(21-3-1)77-66-36-32-48(42-63(66)73-67(77)37-35-60-57-24-8-13-31-70(57)80-74(60)73)49-40-53(75(64-27-14-18-46-16-4-6-22-55(46)64)51-33-38-71-61(44-51)58-25-9-11-29-68(58)78-71)43-54(41-49)76(65-28-15-19-47-17-5-7-23-56(47)65)52-34-39-72-62(45-52)59-26-10-12-30-69(59)79-72/h1-45H. The summed E-state index contributed by atoms with van der Waals surface area (Å²) in [6.07, 6.45) is 0. The highest BCUT2D eigenvalue weighted by atomic mass is 32.1. The molecule has 6 heteroatoms. The normalized spacial score (nSPS) is 12.0. The summed E-state index contributed by atoms with van der Waals surface area (Å²) in [7, 11) is 0. The fraction of sp³-hybridized carbons (Fsp3) is 0. The van der Waals surface area contributed by atoms with Gasteiger partial charge in [0.05, 0.1) is 22.4 Å². The van der Waals surface area contributed by atoms with Gasteiger partial charge < -0.3 is 14.4 Å². The Bertz CT molecular complexity index is 5130. The lowest BCUT2D eigenvalue weighted by Gasteiger charge is -2.31. The van der Waals surface area contributed by atoms with Crippen LogP contribution in [0.1, 0.15) is 0 Å². The van der Waals surface area contributed by atoms with Gasteiger partial charge in [0.15, 0.2) is 0 Å². The molecular weight excluding hydrogens is 1030 g/mol. The van der Waals surface area contributed by atoms with E-state index in [0.29, 0.717) is 0 Å². The Morgan fingerprint density at radius 3 is 1.32 bits per heavy atom. The van der Waals surface area contributed by atoms with E-state index in [4.69, 9.17) is 0 Å². The summed E-state index contributed by atoms with van der Waals surface area (Å²) in [6.45, 7) is 0. The van der Waals surface area contributed by atoms with Gasteiger partial charge in [-0.3, -0.25) is 0 Å². The second-order valence-corrected chi connectivity index (χ2v) is 24.0. The highest BCUT2D eigenvalue weighted by Gasteiger charge is 2.25. The van der Waals surface area contributed by atoms with Crippen molar-refractivity contribution in [1.29, 1.82) is 0 Å². The SMILES string of the molecule is c1ccc(-n2c3ccc(-c4cc(N(c5ccc6sc7ccccc7c6c5)c5cccc6ccccc56)cc(N(c5ccc6sc7ccccc7c6c5)c5cccc6ccccc56)c4)cc3c3c4sc5ccccc5c4ccc32)cc1. The molecule has 4 aromatic heterocycles. The van der Waals surface area contributed by atoms with Crippen molar-refractivity contribution in [1.82, 2.24) is 4.57 Å². The van der Waals surface area contributed by atoms with Gasteiger partial charge >= 0.3 is 0 Å². The van der Waals surface area contributed by atoms with Gasteiger partial charge in [-0.1, -0.05) is 158 Å². The molecule has 0 saturated heterocycles. The largest absolute Gasteiger partial charge is 0.310 e. The molecule has 0 fully saturated rings. The number of anilines is 6. The maximum atomic E-state index is 2.51. The van der Waals surface area contributed by atoms with Crippen LogP contribution in [0.3, 0.4) is 0 Å². The van der Waals surface area contributed by atoms with Crippen LogP contribution >= 0.6 is 34.0 Å². The van der Waals surface area contributed by atoms with Crippen LogP contribution < -0.4 is 9.80 Å². The summed E-state index contributed by atoms with van der Waals surface area (Å²) in [5, 5.41) is 14.9. The maximum absolute atomic E-state index is 2.51. The lowest BCUT2D eigenvalue weighted by Crippen LogP contribution is -2.14. The van der Waals surface area contributed by atoms with Crippen molar-refractivity contribution >= 4 is 172 Å². The van der Waals surface area contributed by atoms with Crippen LogP contribution in [0.4, 0.5) is 34.1 Å². The molecule has 0 bridgehead atoms. The lowest BCUT2D eigenvalue weighted by atomic mass is 9.98. The van der Waals surface area contributed by atoms with Gasteiger partial charge in [-0.05, 0) is 137 Å². The topological polar surface area (TPSA) is 11.4 Å². The average Bonchev–Trinajstić information content (AvgIpc) is 4.46. The quantitative estimate of drug-likeness (QED) is 0.150. The van der Waals surface area contributed by atoms with Gasteiger partial charge in [0.2, 0.25) is 0 Å². The molecule has 17 aromatic rings. The van der Waals surface area contributed by atoms with E-state index >= 15 is 0 Å². The van der Waals surface area contributed by atoms with E-state index in [1.807, 2.05) is 34.0 Å². The smallest absolute Gasteiger partial charge is 0.0555 e. The molecule has 0 aliphatic carbocycles. The summed E-state index contributed by atoms with van der Waals surface area (Å²) >= 11 is 5.62. The van der Waals surface area contributed by atoms with Crippen molar-refractivity contribution in [3.8, 4) is 16.8 Å². The predicted octanol–water partition coefficient (Wildman–Crippen LogP) is 22.8. The monoisotopic (exact) mass is 1070 g/mol. The van der Waals surface area contributed by atoms with Crippen LogP contribution in [0, 0.1) is 0 Å². The van der Waals surface area contributed by atoms with E-state index in [0.717, 1.165) is 50.9 Å². The molecule has 80 heavy (non-hydrogen) atoms. The number of fused-ring (bicyclic) bond motifs is 15. The minimum Gasteiger partial charge on any atom is -0.310 e. The van der Waals surface area contributed by atoms with Crippen molar-refractivity contribution < 1.29 is 0 Å². The van der Waals surface area contributed by atoms with Gasteiger partial charge in [-0.15, -0.1) is 34.0 Å². The molecule has 0 amide bonds. The molecule has 3 nitrogen and oxygen atoms in total. The van der Waals surface area contributed by atoms with Crippen LogP contribution in [0.5, 0.6) is 0 Å². The van der Waals surface area contributed by atoms with Crippen molar-refractivity contribution in [2.75, 3.05) is 9.80 Å². The van der Waals surface area contributed by atoms with E-state index in [1.165, 1.54) is 104 Å². The molecule has 374 valence electrons. The minimum absolute atomic E-state index is 1.05. The second kappa shape index (κ2) is 18.0. The third-order valence-corrected chi connectivity index (χ3v) is 19.8. The number of aromatic nitrogens is 1. The Kier molecular flexibility index (Phi) is 10.2. The molecule has 0 spiro atoms. The molecule has 0 aliphatic heterocycles. The summed E-state index contributed by atoms with van der Waals surface area (Å²) < 4.78 is 10.2. The number of thiophene rings is 3. The fourth-order valence-corrected chi connectivity index (χ4v) is 16.1. The van der Waals surface area contributed by atoms with Crippen molar-refractivity contribution in [3.05, 3.63) is 273 Å². The molecule has 0 radical (unpaired) electrons. The second-order valence-electron chi connectivity index (χ2n) is 20.8. The summed E-state index contributed by atoms with van der Waals surface area (Å²) in [6, 6.07) is 102. The highest BCUT2D eigenvalue weighted by Crippen LogP contribution is 2.50. The Hall–Kier alpha value is -9.56. The van der Waals surface area contributed by atoms with Crippen LogP contribution in [-0.2, 0) is 0 Å². The summed E-state index contributed by atoms with van der Waals surface area (Å²) in [5.74, 6) is 0. The van der Waals surface area contributed by atoms with Crippen LogP contribution in [0.25, 0.3) is 121 Å². The summed E-state index contributed by atoms with van der Waals surface area (Å²) in [4.78, 5) is 5.03. The molecule has 0 N–H and O–H groups in total. The first kappa shape index (κ1) is 45.5. The summed E-state index contributed by atoms with van der Waals surface area (Å²) in [5.41, 5.74) is 12.3. The van der Waals surface area contributed by atoms with E-state index in [9.17, 15) is 0 Å². The first-order chi connectivity index (χ1) is 39.6. The molecular formula is C74H45N3S3. The number of hydrogen-bond acceptors (Lipinski definition) is 5. The third-order valence-electron chi connectivity index (χ3n) is 16.3. The molecule has 17 rings (SSSR count). The molecule has 13 aromatic carbocycles. The Morgan fingerprint density at radius 2 is 0.738 bits per heavy atom. The Balaban J connectivity index is 0.987. The molecule has 0 aliphatic rings. The molecule has 0 saturated carbocycles. The van der Waals surface area contributed by atoms with Crippen molar-refractivity contribution in [2.45, 2.75) is 0 Å². The minimum atomic E-state index is 1.05. The van der Waals surface area contributed by atoms with E-state index in [2.05, 4.69) is 287 Å². The van der Waals surface area contributed by atoms with Crippen LogP contribution in [0.2, 0.25) is 0 Å². The molecule has 0 atom stereocenters. The number of hydrogen-bond donors (Lipinski definition) is 0. The van der Waals surface area contributed by atoms with Crippen molar-refractivity contribution in [3.63, 3.8) is 0 Å². The Morgan fingerprint density at radius 1 is 0.263 bits per heavy atom. The van der Waals surface area contributed by atoms with E-state index < -0.39 is 0 Å². The lowest BCUT2D eigenvalue weighted by molar-refractivity contribution is 1.18.